The molecule has 0 bridgehead atoms. The maximum atomic E-state index is 12.1. The monoisotopic (exact) mass is 278 g/mol. The molecule has 5 nitrogen and oxygen atoms in total. The summed E-state index contributed by atoms with van der Waals surface area (Å²) in [6, 6.07) is 7.73. The van der Waals surface area contributed by atoms with Crippen molar-refractivity contribution < 1.29 is 14.3 Å². The fourth-order valence-electron chi connectivity index (χ4n) is 2.17. The Kier molecular flexibility index (Phi) is 5.83. The van der Waals surface area contributed by atoms with Gasteiger partial charge in [-0.15, -0.1) is 0 Å². The lowest BCUT2D eigenvalue weighted by molar-refractivity contribution is -0.122. The minimum Gasteiger partial charge on any atom is -0.383 e. The summed E-state index contributed by atoms with van der Waals surface area (Å²) in [6.45, 7) is 2.80. The smallest absolute Gasteiger partial charge is 0.227 e. The van der Waals surface area contributed by atoms with Crippen molar-refractivity contribution in [2.24, 2.45) is 5.92 Å². The van der Waals surface area contributed by atoms with Gasteiger partial charge in [-0.3, -0.25) is 4.79 Å². The molecule has 1 saturated heterocycles. The first kappa shape index (κ1) is 14.8. The zero-order chi connectivity index (χ0) is 14.2. The Balaban J connectivity index is 1.81. The number of amides is 1. The molecule has 1 aromatic carbocycles. The minimum atomic E-state index is 0.0725. The van der Waals surface area contributed by atoms with Gasteiger partial charge in [-0.1, -0.05) is 0 Å². The van der Waals surface area contributed by atoms with Crippen molar-refractivity contribution in [1.82, 2.24) is 0 Å². The molecule has 0 atom stereocenters. The topological polar surface area (TPSA) is 59.6 Å². The van der Waals surface area contributed by atoms with Crippen molar-refractivity contribution in [3.63, 3.8) is 0 Å². The first-order valence-corrected chi connectivity index (χ1v) is 7.01. The summed E-state index contributed by atoms with van der Waals surface area (Å²) < 4.78 is 10.2. The Morgan fingerprint density at radius 3 is 2.55 bits per heavy atom. The molecule has 1 aliphatic heterocycles. The van der Waals surface area contributed by atoms with Crippen LogP contribution in [0.2, 0.25) is 0 Å². The van der Waals surface area contributed by atoms with E-state index in [9.17, 15) is 4.79 Å². The number of methoxy groups -OCH3 is 1. The highest BCUT2D eigenvalue weighted by atomic mass is 16.5. The number of hydrogen-bond donors (Lipinski definition) is 2. The second kappa shape index (κ2) is 7.87. The number of rotatable bonds is 6. The average Bonchev–Trinajstić information content (AvgIpc) is 2.50. The van der Waals surface area contributed by atoms with Crippen LogP contribution >= 0.6 is 0 Å². The first-order chi connectivity index (χ1) is 9.79. The van der Waals surface area contributed by atoms with Crippen molar-refractivity contribution >= 4 is 17.3 Å². The molecule has 20 heavy (non-hydrogen) atoms. The van der Waals surface area contributed by atoms with Crippen LogP contribution in [0, 0.1) is 5.92 Å². The molecule has 0 saturated carbocycles. The number of anilines is 2. The van der Waals surface area contributed by atoms with Crippen molar-refractivity contribution in [3.8, 4) is 0 Å². The lowest BCUT2D eigenvalue weighted by Gasteiger charge is -2.21. The van der Waals surface area contributed by atoms with Crippen LogP contribution in [0.4, 0.5) is 11.4 Å². The summed E-state index contributed by atoms with van der Waals surface area (Å²) in [7, 11) is 1.68. The molecule has 2 N–H and O–H groups in total. The summed E-state index contributed by atoms with van der Waals surface area (Å²) in [5.74, 6) is 0.164. The second-order valence-corrected chi connectivity index (χ2v) is 4.87. The number of carbonyl (C=O) groups is 1. The Morgan fingerprint density at radius 2 is 1.90 bits per heavy atom. The van der Waals surface area contributed by atoms with Gasteiger partial charge in [-0.05, 0) is 37.1 Å². The number of hydrogen-bond acceptors (Lipinski definition) is 4. The first-order valence-electron chi connectivity index (χ1n) is 7.01. The molecule has 0 unspecified atom stereocenters. The van der Waals surface area contributed by atoms with Crippen LogP contribution in [-0.4, -0.2) is 39.4 Å². The van der Waals surface area contributed by atoms with E-state index in [1.165, 1.54) is 0 Å². The van der Waals surface area contributed by atoms with Gasteiger partial charge >= 0.3 is 0 Å². The Hall–Kier alpha value is -1.59. The van der Waals surface area contributed by atoms with Crippen molar-refractivity contribution in [2.75, 3.05) is 44.1 Å². The summed E-state index contributed by atoms with van der Waals surface area (Å²) in [4.78, 5) is 12.1. The SMILES string of the molecule is COCCNc1ccc(NC(=O)C2CCOCC2)cc1. The van der Waals surface area contributed by atoms with Crippen molar-refractivity contribution in [3.05, 3.63) is 24.3 Å². The van der Waals surface area contributed by atoms with Crippen molar-refractivity contribution in [1.29, 1.82) is 0 Å². The van der Waals surface area contributed by atoms with E-state index >= 15 is 0 Å². The van der Waals surface area contributed by atoms with E-state index in [1.54, 1.807) is 7.11 Å². The van der Waals surface area contributed by atoms with E-state index in [0.29, 0.717) is 19.8 Å². The van der Waals surface area contributed by atoms with Gasteiger partial charge in [0.1, 0.15) is 0 Å². The third-order valence-electron chi connectivity index (χ3n) is 3.38. The van der Waals surface area contributed by atoms with Crippen LogP contribution < -0.4 is 10.6 Å². The molecule has 0 radical (unpaired) electrons. The highest BCUT2D eigenvalue weighted by molar-refractivity contribution is 5.92. The summed E-state index contributed by atoms with van der Waals surface area (Å²) >= 11 is 0. The van der Waals surface area contributed by atoms with Gasteiger partial charge in [0.25, 0.3) is 0 Å². The largest absolute Gasteiger partial charge is 0.383 e. The zero-order valence-electron chi connectivity index (χ0n) is 11.9. The predicted molar refractivity (Wildman–Crippen MR) is 79.0 cm³/mol. The van der Waals surface area contributed by atoms with E-state index in [4.69, 9.17) is 9.47 Å². The van der Waals surface area contributed by atoms with E-state index in [-0.39, 0.29) is 11.8 Å². The third kappa shape index (κ3) is 4.51. The van der Waals surface area contributed by atoms with Gasteiger partial charge < -0.3 is 20.1 Å². The van der Waals surface area contributed by atoms with Crippen LogP contribution in [0.1, 0.15) is 12.8 Å². The third-order valence-corrected chi connectivity index (χ3v) is 3.38. The number of nitrogens with one attached hydrogen (secondary N) is 2. The molecular formula is C15H22N2O3. The summed E-state index contributed by atoms with van der Waals surface area (Å²) in [6.07, 6.45) is 1.62. The van der Waals surface area contributed by atoms with E-state index < -0.39 is 0 Å². The molecule has 0 aromatic heterocycles. The zero-order valence-corrected chi connectivity index (χ0v) is 11.9. The Bertz CT molecular complexity index is 414. The molecule has 1 aromatic rings. The van der Waals surface area contributed by atoms with Gasteiger partial charge in [0.05, 0.1) is 6.61 Å². The normalized spacial score (nSPS) is 15.8. The molecule has 1 amide bonds. The van der Waals surface area contributed by atoms with E-state index in [0.717, 1.165) is 30.8 Å². The lowest BCUT2D eigenvalue weighted by atomic mass is 9.99. The number of ether oxygens (including phenoxy) is 2. The molecule has 1 aliphatic rings. The highest BCUT2D eigenvalue weighted by Gasteiger charge is 2.21. The van der Waals surface area contributed by atoms with Crippen LogP contribution in [0.3, 0.4) is 0 Å². The molecule has 110 valence electrons. The summed E-state index contributed by atoms with van der Waals surface area (Å²) in [5, 5.41) is 6.19. The molecule has 1 heterocycles. The van der Waals surface area contributed by atoms with Gasteiger partial charge in [0, 0.05) is 44.2 Å². The van der Waals surface area contributed by atoms with Gasteiger partial charge in [-0.2, -0.15) is 0 Å². The fourth-order valence-corrected chi connectivity index (χ4v) is 2.17. The highest BCUT2D eigenvalue weighted by Crippen LogP contribution is 2.19. The molecular weight excluding hydrogens is 256 g/mol. The van der Waals surface area contributed by atoms with E-state index in [2.05, 4.69) is 10.6 Å². The number of carbonyl (C=O) groups excluding carboxylic acids is 1. The second-order valence-electron chi connectivity index (χ2n) is 4.87. The van der Waals surface area contributed by atoms with Crippen LogP contribution in [0.15, 0.2) is 24.3 Å². The van der Waals surface area contributed by atoms with Gasteiger partial charge in [0.15, 0.2) is 0 Å². The average molecular weight is 278 g/mol. The fraction of sp³-hybridized carbons (Fsp3) is 0.533. The van der Waals surface area contributed by atoms with Crippen LogP contribution in [0.25, 0.3) is 0 Å². The maximum absolute atomic E-state index is 12.1. The molecule has 1 fully saturated rings. The predicted octanol–water partition coefficient (Wildman–Crippen LogP) is 2.11. The molecule has 2 rings (SSSR count). The standard InChI is InChI=1S/C15H22N2O3/c1-19-11-8-16-13-2-4-14(5-3-13)17-15(18)12-6-9-20-10-7-12/h2-5,12,16H,6-11H2,1H3,(H,17,18). The minimum absolute atomic E-state index is 0.0725. The van der Waals surface area contributed by atoms with E-state index in [1.807, 2.05) is 24.3 Å². The molecule has 0 aliphatic carbocycles. The Morgan fingerprint density at radius 1 is 1.25 bits per heavy atom. The van der Waals surface area contributed by atoms with Gasteiger partial charge in [0.2, 0.25) is 5.91 Å². The van der Waals surface area contributed by atoms with Crippen molar-refractivity contribution in [2.45, 2.75) is 12.8 Å². The number of benzene rings is 1. The quantitative estimate of drug-likeness (QED) is 0.782. The summed E-state index contributed by atoms with van der Waals surface area (Å²) in [5.41, 5.74) is 1.85. The lowest BCUT2D eigenvalue weighted by Crippen LogP contribution is -2.28. The maximum Gasteiger partial charge on any atom is 0.227 e. The van der Waals surface area contributed by atoms with Crippen LogP contribution in [-0.2, 0) is 14.3 Å². The van der Waals surface area contributed by atoms with Crippen LogP contribution in [0.5, 0.6) is 0 Å². The molecule has 5 heteroatoms. The van der Waals surface area contributed by atoms with Gasteiger partial charge in [-0.25, -0.2) is 0 Å². The molecule has 0 spiro atoms. The Labute approximate surface area is 119 Å².